The number of amides is 1. The topological polar surface area (TPSA) is 84.3 Å². The van der Waals surface area contributed by atoms with Crippen LogP contribution in [0.2, 0.25) is 0 Å². The number of fused-ring (bicyclic) bond motifs is 1. The van der Waals surface area contributed by atoms with Crippen LogP contribution in [0, 0.1) is 0 Å². The van der Waals surface area contributed by atoms with E-state index in [-0.39, 0.29) is 24.0 Å². The van der Waals surface area contributed by atoms with Crippen molar-refractivity contribution in [3.8, 4) is 11.5 Å². The molecule has 2 aromatic carbocycles. The molecule has 0 unspecified atom stereocenters. The van der Waals surface area contributed by atoms with E-state index in [2.05, 4.69) is 15.6 Å². The van der Waals surface area contributed by atoms with Gasteiger partial charge in [0.05, 0.1) is 29.0 Å². The average molecular weight is 458 g/mol. The number of anilines is 3. The van der Waals surface area contributed by atoms with Crippen LogP contribution in [0.15, 0.2) is 72.7 Å². The SMILES string of the molecule is CNC(=O)c1cc(Oc2ccc3c(c2)nc(Nc2ccccc2N2CC=C(F)C2)n3C)ccn1. The summed E-state index contributed by atoms with van der Waals surface area (Å²) in [4.78, 5) is 22.6. The summed E-state index contributed by atoms with van der Waals surface area (Å²) in [7, 11) is 3.48. The van der Waals surface area contributed by atoms with Crippen molar-refractivity contribution in [2.45, 2.75) is 0 Å². The molecular formula is C25H23FN6O2. The molecule has 1 aliphatic heterocycles. The highest BCUT2D eigenvalue weighted by atomic mass is 19.1. The third kappa shape index (κ3) is 4.15. The fourth-order valence-corrected chi connectivity index (χ4v) is 3.90. The number of carbonyl (C=O) groups is 1. The Morgan fingerprint density at radius 2 is 1.94 bits per heavy atom. The molecule has 0 radical (unpaired) electrons. The largest absolute Gasteiger partial charge is 0.457 e. The number of carbonyl (C=O) groups excluding carboxylic acids is 1. The number of aryl methyl sites for hydroxylation is 1. The minimum absolute atomic E-state index is 0.123. The van der Waals surface area contributed by atoms with Gasteiger partial charge in [0.25, 0.3) is 5.91 Å². The molecule has 4 aromatic rings. The van der Waals surface area contributed by atoms with Crippen LogP contribution in [0.5, 0.6) is 11.5 Å². The summed E-state index contributed by atoms with van der Waals surface area (Å²) in [6, 6.07) is 16.7. The van der Waals surface area contributed by atoms with E-state index in [0.29, 0.717) is 24.0 Å². The number of halogens is 1. The second kappa shape index (κ2) is 8.86. The molecule has 172 valence electrons. The molecule has 1 aliphatic rings. The first-order valence-electron chi connectivity index (χ1n) is 10.8. The number of para-hydroxylation sites is 2. The third-order valence-corrected chi connectivity index (χ3v) is 5.65. The minimum atomic E-state index is -0.283. The maximum atomic E-state index is 13.6. The number of hydrogen-bond donors (Lipinski definition) is 2. The van der Waals surface area contributed by atoms with Gasteiger partial charge in [-0.25, -0.2) is 9.37 Å². The number of nitrogens with zero attached hydrogens (tertiary/aromatic N) is 4. The molecular weight excluding hydrogens is 435 g/mol. The van der Waals surface area contributed by atoms with E-state index in [1.807, 2.05) is 59.0 Å². The third-order valence-electron chi connectivity index (χ3n) is 5.65. The summed E-state index contributed by atoms with van der Waals surface area (Å²) in [5.74, 6) is 1.33. The van der Waals surface area contributed by atoms with E-state index in [0.717, 1.165) is 22.4 Å². The van der Waals surface area contributed by atoms with E-state index in [4.69, 9.17) is 9.72 Å². The van der Waals surface area contributed by atoms with Gasteiger partial charge in [0.2, 0.25) is 5.95 Å². The summed E-state index contributed by atoms with van der Waals surface area (Å²) in [5, 5.41) is 5.94. The Hall–Kier alpha value is -4.40. The van der Waals surface area contributed by atoms with Crippen molar-refractivity contribution in [2.24, 2.45) is 7.05 Å². The fraction of sp³-hybridized carbons (Fsp3) is 0.160. The van der Waals surface area contributed by atoms with Gasteiger partial charge in [-0.3, -0.25) is 9.78 Å². The zero-order chi connectivity index (χ0) is 23.7. The molecule has 3 heterocycles. The van der Waals surface area contributed by atoms with Crippen LogP contribution in [0.3, 0.4) is 0 Å². The molecule has 9 heteroatoms. The lowest BCUT2D eigenvalue weighted by Crippen LogP contribution is -2.20. The van der Waals surface area contributed by atoms with E-state index < -0.39 is 0 Å². The average Bonchev–Trinajstić information content (AvgIpc) is 3.42. The van der Waals surface area contributed by atoms with Gasteiger partial charge in [-0.2, -0.15) is 0 Å². The van der Waals surface area contributed by atoms with Gasteiger partial charge < -0.3 is 24.8 Å². The van der Waals surface area contributed by atoms with Crippen molar-refractivity contribution in [1.29, 1.82) is 0 Å². The summed E-state index contributed by atoms with van der Waals surface area (Å²) in [6.07, 6.45) is 3.12. The van der Waals surface area contributed by atoms with Crippen LogP contribution < -0.4 is 20.3 Å². The summed E-state index contributed by atoms with van der Waals surface area (Å²) >= 11 is 0. The van der Waals surface area contributed by atoms with Gasteiger partial charge in [-0.15, -0.1) is 0 Å². The molecule has 1 amide bonds. The van der Waals surface area contributed by atoms with Crippen molar-refractivity contribution >= 4 is 34.3 Å². The molecule has 0 fully saturated rings. The van der Waals surface area contributed by atoms with Gasteiger partial charge in [-0.1, -0.05) is 12.1 Å². The molecule has 0 bridgehead atoms. The van der Waals surface area contributed by atoms with Crippen LogP contribution in [-0.4, -0.2) is 40.6 Å². The lowest BCUT2D eigenvalue weighted by atomic mass is 10.2. The van der Waals surface area contributed by atoms with Gasteiger partial charge in [-0.05, 0) is 36.4 Å². The molecule has 0 saturated carbocycles. The Kier molecular flexibility index (Phi) is 5.59. The second-order valence-corrected chi connectivity index (χ2v) is 7.88. The van der Waals surface area contributed by atoms with Gasteiger partial charge >= 0.3 is 0 Å². The Labute approximate surface area is 195 Å². The fourth-order valence-electron chi connectivity index (χ4n) is 3.90. The number of imidazole rings is 1. The highest BCUT2D eigenvalue weighted by Crippen LogP contribution is 2.33. The molecule has 2 N–H and O–H groups in total. The number of nitrogens with one attached hydrogen (secondary N) is 2. The molecule has 0 atom stereocenters. The number of rotatable bonds is 6. The Morgan fingerprint density at radius 3 is 2.74 bits per heavy atom. The quantitative estimate of drug-likeness (QED) is 0.442. The maximum Gasteiger partial charge on any atom is 0.269 e. The standard InChI is InChI=1S/C25H23FN6O2/c1-27-24(33)21-14-18(9-11-28-21)34-17-7-8-22-20(13-17)30-25(31(22)2)29-19-5-3-4-6-23(19)32-12-10-16(26)15-32/h3-11,13-14H,12,15H2,1-2H3,(H,27,33)(H,29,30). The monoisotopic (exact) mass is 458 g/mol. The Morgan fingerprint density at radius 1 is 1.12 bits per heavy atom. The predicted octanol–water partition coefficient (Wildman–Crippen LogP) is 4.54. The van der Waals surface area contributed by atoms with Crippen molar-refractivity contribution < 1.29 is 13.9 Å². The van der Waals surface area contributed by atoms with Crippen molar-refractivity contribution in [3.63, 3.8) is 0 Å². The first kappa shape index (κ1) is 21.4. The predicted molar refractivity (Wildman–Crippen MR) is 130 cm³/mol. The molecule has 0 saturated heterocycles. The van der Waals surface area contributed by atoms with Crippen LogP contribution in [0.25, 0.3) is 11.0 Å². The molecule has 2 aromatic heterocycles. The van der Waals surface area contributed by atoms with Gasteiger partial charge in [0.1, 0.15) is 23.0 Å². The van der Waals surface area contributed by atoms with Crippen molar-refractivity contribution in [3.05, 3.63) is 78.4 Å². The van der Waals surface area contributed by atoms with Crippen molar-refractivity contribution in [1.82, 2.24) is 19.9 Å². The van der Waals surface area contributed by atoms with Gasteiger partial charge in [0, 0.05) is 39.0 Å². The Balaban J connectivity index is 1.40. The first-order valence-corrected chi connectivity index (χ1v) is 10.8. The second-order valence-electron chi connectivity index (χ2n) is 7.88. The lowest BCUT2D eigenvalue weighted by Gasteiger charge is -2.21. The van der Waals surface area contributed by atoms with E-state index >= 15 is 0 Å². The molecule has 8 nitrogen and oxygen atoms in total. The number of benzene rings is 2. The highest BCUT2D eigenvalue weighted by Gasteiger charge is 2.18. The van der Waals surface area contributed by atoms with Crippen LogP contribution in [-0.2, 0) is 7.05 Å². The van der Waals surface area contributed by atoms with E-state index in [9.17, 15) is 9.18 Å². The summed E-state index contributed by atoms with van der Waals surface area (Å²) < 4.78 is 21.5. The smallest absolute Gasteiger partial charge is 0.269 e. The normalized spacial score (nSPS) is 13.1. The van der Waals surface area contributed by atoms with Crippen LogP contribution >= 0.6 is 0 Å². The van der Waals surface area contributed by atoms with Crippen LogP contribution in [0.4, 0.5) is 21.7 Å². The first-order chi connectivity index (χ1) is 16.5. The van der Waals surface area contributed by atoms with Crippen LogP contribution in [0.1, 0.15) is 10.5 Å². The van der Waals surface area contributed by atoms with Crippen molar-refractivity contribution in [2.75, 3.05) is 30.4 Å². The molecule has 0 aliphatic carbocycles. The highest BCUT2D eigenvalue weighted by molar-refractivity contribution is 5.92. The molecule has 34 heavy (non-hydrogen) atoms. The number of ether oxygens (including phenoxy) is 1. The zero-order valence-electron chi connectivity index (χ0n) is 18.7. The zero-order valence-corrected chi connectivity index (χ0v) is 18.7. The lowest BCUT2D eigenvalue weighted by molar-refractivity contribution is 0.0958. The molecule has 5 rings (SSSR count). The number of pyridine rings is 1. The van der Waals surface area contributed by atoms with Gasteiger partial charge in [0.15, 0.2) is 0 Å². The Bertz CT molecular complexity index is 1410. The summed E-state index contributed by atoms with van der Waals surface area (Å²) in [6.45, 7) is 0.795. The number of hydrogen-bond acceptors (Lipinski definition) is 6. The number of aromatic nitrogens is 3. The molecule has 0 spiro atoms. The van der Waals surface area contributed by atoms with E-state index in [1.165, 1.54) is 6.20 Å². The summed E-state index contributed by atoms with van der Waals surface area (Å²) in [5.41, 5.74) is 3.69. The minimum Gasteiger partial charge on any atom is -0.457 e. The van der Waals surface area contributed by atoms with E-state index in [1.54, 1.807) is 25.3 Å². The maximum absolute atomic E-state index is 13.6.